The van der Waals surface area contributed by atoms with Crippen molar-refractivity contribution in [1.82, 2.24) is 10.2 Å². The normalized spacial score (nSPS) is 23.8. The lowest BCUT2D eigenvalue weighted by atomic mass is 9.73. The molecule has 0 saturated heterocycles. The van der Waals surface area contributed by atoms with Crippen molar-refractivity contribution in [3.05, 3.63) is 0 Å². The van der Waals surface area contributed by atoms with Gasteiger partial charge in [0.1, 0.15) is 0 Å². The SMILES string of the molecule is CC(C)CNCC1(CN(C)C2CCC2)CCCCC1. The van der Waals surface area contributed by atoms with E-state index in [-0.39, 0.29) is 0 Å². The number of hydrogen-bond acceptors (Lipinski definition) is 2. The third-order valence-electron chi connectivity index (χ3n) is 5.25. The molecule has 0 aromatic heterocycles. The summed E-state index contributed by atoms with van der Waals surface area (Å²) in [7, 11) is 2.36. The zero-order valence-corrected chi connectivity index (χ0v) is 13.4. The van der Waals surface area contributed by atoms with E-state index >= 15 is 0 Å². The van der Waals surface area contributed by atoms with E-state index in [0.717, 1.165) is 12.0 Å². The van der Waals surface area contributed by atoms with Gasteiger partial charge in [-0.3, -0.25) is 0 Å². The first kappa shape index (κ1) is 15.3. The molecule has 1 N–H and O–H groups in total. The molecule has 0 spiro atoms. The minimum atomic E-state index is 0.567. The Labute approximate surface area is 120 Å². The van der Waals surface area contributed by atoms with Gasteiger partial charge in [-0.05, 0) is 50.6 Å². The zero-order valence-electron chi connectivity index (χ0n) is 13.4. The van der Waals surface area contributed by atoms with Gasteiger partial charge >= 0.3 is 0 Å². The molecule has 2 nitrogen and oxygen atoms in total. The maximum absolute atomic E-state index is 3.75. The van der Waals surface area contributed by atoms with Crippen molar-refractivity contribution in [3.8, 4) is 0 Å². The molecule has 0 heterocycles. The molecule has 0 bridgehead atoms. The molecule has 0 unspecified atom stereocenters. The lowest BCUT2D eigenvalue weighted by Crippen LogP contribution is -2.49. The summed E-state index contributed by atoms with van der Waals surface area (Å²) in [5.74, 6) is 0.769. The van der Waals surface area contributed by atoms with E-state index in [0.29, 0.717) is 5.41 Å². The van der Waals surface area contributed by atoms with Crippen molar-refractivity contribution in [2.75, 3.05) is 26.7 Å². The van der Waals surface area contributed by atoms with Crippen LogP contribution in [0.15, 0.2) is 0 Å². The average molecular weight is 266 g/mol. The molecule has 2 rings (SSSR count). The summed E-state index contributed by atoms with van der Waals surface area (Å²) < 4.78 is 0. The molecule has 2 aliphatic carbocycles. The third-order valence-corrected chi connectivity index (χ3v) is 5.25. The molecule has 0 radical (unpaired) electrons. The third kappa shape index (κ3) is 4.46. The standard InChI is InChI=1S/C17H34N2/c1-15(2)12-18-13-17(10-5-4-6-11-17)14-19(3)16-8-7-9-16/h15-16,18H,4-14H2,1-3H3. The summed E-state index contributed by atoms with van der Waals surface area (Å²) >= 11 is 0. The highest BCUT2D eigenvalue weighted by Gasteiger charge is 2.35. The summed E-state index contributed by atoms with van der Waals surface area (Å²) in [6.45, 7) is 8.35. The molecular formula is C17H34N2. The van der Waals surface area contributed by atoms with E-state index in [1.165, 1.54) is 71.0 Å². The van der Waals surface area contributed by atoms with Crippen LogP contribution < -0.4 is 5.32 Å². The fourth-order valence-electron chi connectivity index (χ4n) is 3.80. The Morgan fingerprint density at radius 3 is 2.32 bits per heavy atom. The highest BCUT2D eigenvalue weighted by Crippen LogP contribution is 2.38. The quantitative estimate of drug-likeness (QED) is 0.756. The van der Waals surface area contributed by atoms with Gasteiger partial charge in [-0.25, -0.2) is 0 Å². The minimum Gasteiger partial charge on any atom is -0.316 e. The van der Waals surface area contributed by atoms with Gasteiger partial charge in [0.05, 0.1) is 0 Å². The largest absolute Gasteiger partial charge is 0.316 e. The Bertz CT molecular complexity index is 252. The number of nitrogens with zero attached hydrogens (tertiary/aromatic N) is 1. The molecule has 112 valence electrons. The van der Waals surface area contributed by atoms with E-state index in [1.807, 2.05) is 0 Å². The van der Waals surface area contributed by atoms with E-state index in [4.69, 9.17) is 0 Å². The van der Waals surface area contributed by atoms with Gasteiger partial charge in [-0.15, -0.1) is 0 Å². The Kier molecular flexibility index (Phi) is 5.70. The lowest BCUT2D eigenvalue weighted by Gasteiger charge is -2.44. The summed E-state index contributed by atoms with van der Waals surface area (Å²) in [6.07, 6.45) is 11.6. The van der Waals surface area contributed by atoms with Gasteiger partial charge in [0.15, 0.2) is 0 Å². The maximum Gasteiger partial charge on any atom is 0.00924 e. The molecule has 0 atom stereocenters. The molecule has 0 amide bonds. The highest BCUT2D eigenvalue weighted by atomic mass is 15.1. The van der Waals surface area contributed by atoms with Gasteiger partial charge < -0.3 is 10.2 Å². The second kappa shape index (κ2) is 7.08. The van der Waals surface area contributed by atoms with Crippen LogP contribution in [0, 0.1) is 11.3 Å². The van der Waals surface area contributed by atoms with Gasteiger partial charge in [0, 0.05) is 19.1 Å². The summed E-state index contributed by atoms with van der Waals surface area (Å²) in [4.78, 5) is 2.67. The van der Waals surface area contributed by atoms with Crippen molar-refractivity contribution < 1.29 is 0 Å². The van der Waals surface area contributed by atoms with Crippen LogP contribution in [0.3, 0.4) is 0 Å². The minimum absolute atomic E-state index is 0.567. The summed E-state index contributed by atoms with van der Waals surface area (Å²) in [5.41, 5.74) is 0.567. The van der Waals surface area contributed by atoms with Crippen molar-refractivity contribution >= 4 is 0 Å². The molecule has 19 heavy (non-hydrogen) atoms. The van der Waals surface area contributed by atoms with Crippen LogP contribution in [-0.4, -0.2) is 37.6 Å². The molecule has 0 aliphatic heterocycles. The smallest absolute Gasteiger partial charge is 0.00924 e. The zero-order chi connectivity index (χ0) is 13.7. The van der Waals surface area contributed by atoms with Crippen LogP contribution in [0.25, 0.3) is 0 Å². The van der Waals surface area contributed by atoms with Crippen LogP contribution in [0.4, 0.5) is 0 Å². The van der Waals surface area contributed by atoms with Crippen LogP contribution in [0.5, 0.6) is 0 Å². The van der Waals surface area contributed by atoms with Gasteiger partial charge in [-0.1, -0.05) is 39.5 Å². The Hall–Kier alpha value is -0.0800. The monoisotopic (exact) mass is 266 g/mol. The van der Waals surface area contributed by atoms with Crippen molar-refractivity contribution in [2.24, 2.45) is 11.3 Å². The van der Waals surface area contributed by atoms with Crippen molar-refractivity contribution in [3.63, 3.8) is 0 Å². The predicted molar refractivity (Wildman–Crippen MR) is 83.5 cm³/mol. The first-order chi connectivity index (χ1) is 9.11. The lowest BCUT2D eigenvalue weighted by molar-refractivity contribution is 0.0655. The molecule has 2 heteroatoms. The number of hydrogen-bond donors (Lipinski definition) is 1. The summed E-state index contributed by atoms with van der Waals surface area (Å²) in [6, 6.07) is 0.893. The first-order valence-electron chi connectivity index (χ1n) is 8.52. The van der Waals surface area contributed by atoms with Crippen molar-refractivity contribution in [1.29, 1.82) is 0 Å². The highest BCUT2D eigenvalue weighted by molar-refractivity contribution is 4.90. The van der Waals surface area contributed by atoms with Crippen LogP contribution in [0.2, 0.25) is 0 Å². The number of rotatable bonds is 7. The molecule has 2 saturated carbocycles. The molecule has 0 aromatic rings. The topological polar surface area (TPSA) is 15.3 Å². The molecular weight excluding hydrogens is 232 g/mol. The fourth-order valence-corrected chi connectivity index (χ4v) is 3.80. The summed E-state index contributed by atoms with van der Waals surface area (Å²) in [5, 5.41) is 3.75. The Morgan fingerprint density at radius 1 is 1.11 bits per heavy atom. The average Bonchev–Trinajstić information content (AvgIpc) is 2.26. The van der Waals surface area contributed by atoms with Gasteiger partial charge in [0.2, 0.25) is 0 Å². The Balaban J connectivity index is 1.85. The second-order valence-electron chi connectivity index (χ2n) is 7.59. The van der Waals surface area contributed by atoms with E-state index in [2.05, 4.69) is 31.1 Å². The first-order valence-corrected chi connectivity index (χ1v) is 8.52. The van der Waals surface area contributed by atoms with E-state index < -0.39 is 0 Å². The van der Waals surface area contributed by atoms with Gasteiger partial charge in [-0.2, -0.15) is 0 Å². The second-order valence-corrected chi connectivity index (χ2v) is 7.59. The van der Waals surface area contributed by atoms with Crippen LogP contribution in [0.1, 0.15) is 65.2 Å². The molecule has 0 aromatic carbocycles. The van der Waals surface area contributed by atoms with E-state index in [9.17, 15) is 0 Å². The Morgan fingerprint density at radius 2 is 1.79 bits per heavy atom. The van der Waals surface area contributed by atoms with Crippen LogP contribution in [-0.2, 0) is 0 Å². The molecule has 2 fully saturated rings. The van der Waals surface area contributed by atoms with Crippen molar-refractivity contribution in [2.45, 2.75) is 71.3 Å². The van der Waals surface area contributed by atoms with Crippen LogP contribution >= 0.6 is 0 Å². The van der Waals surface area contributed by atoms with Gasteiger partial charge in [0.25, 0.3) is 0 Å². The number of nitrogens with one attached hydrogen (secondary N) is 1. The predicted octanol–water partition coefficient (Wildman–Crippen LogP) is 3.67. The molecule has 2 aliphatic rings. The van der Waals surface area contributed by atoms with E-state index in [1.54, 1.807) is 0 Å². The maximum atomic E-state index is 3.75. The fraction of sp³-hybridized carbons (Fsp3) is 1.00.